The molecule has 0 fully saturated rings. The van der Waals surface area contributed by atoms with Gasteiger partial charge in [0.25, 0.3) is 11.8 Å². The fourth-order valence-electron chi connectivity index (χ4n) is 2.81. The molecule has 29 heavy (non-hydrogen) atoms. The van der Waals surface area contributed by atoms with Crippen LogP contribution in [-0.2, 0) is 0 Å². The minimum Gasteiger partial charge on any atom is -0.378 e. The summed E-state index contributed by atoms with van der Waals surface area (Å²) >= 11 is 0. The number of aromatic nitrogens is 1. The van der Waals surface area contributed by atoms with Crippen LogP contribution < -0.4 is 15.5 Å². The smallest absolute Gasteiger partial charge is 0.274 e. The van der Waals surface area contributed by atoms with Crippen molar-refractivity contribution in [1.29, 1.82) is 0 Å². The number of hydrogen-bond donors (Lipinski definition) is 2. The molecule has 0 saturated carbocycles. The predicted octanol–water partition coefficient (Wildman–Crippen LogP) is 4.27. The predicted molar refractivity (Wildman–Crippen MR) is 117 cm³/mol. The maximum Gasteiger partial charge on any atom is 0.274 e. The zero-order valence-corrected chi connectivity index (χ0v) is 17.0. The van der Waals surface area contributed by atoms with E-state index < -0.39 is 0 Å². The van der Waals surface area contributed by atoms with E-state index >= 15 is 0 Å². The standard InChI is InChI=1S/C23H24N4O2/c1-15-6-5-7-20(16(15)2)26-23(29)21-14-17(12-13-24-21)22(28)25-18-8-10-19(11-9-18)27(3)4/h5-14H,1-4H3,(H,25,28)(H,26,29). The Morgan fingerprint density at radius 2 is 1.62 bits per heavy atom. The van der Waals surface area contributed by atoms with Crippen molar-refractivity contribution in [3.05, 3.63) is 83.2 Å². The summed E-state index contributed by atoms with van der Waals surface area (Å²) in [6, 6.07) is 16.3. The zero-order chi connectivity index (χ0) is 21.0. The molecule has 2 N–H and O–H groups in total. The van der Waals surface area contributed by atoms with Gasteiger partial charge in [-0.05, 0) is 67.4 Å². The molecule has 6 heteroatoms. The number of carbonyl (C=O) groups is 2. The van der Waals surface area contributed by atoms with E-state index in [9.17, 15) is 9.59 Å². The van der Waals surface area contributed by atoms with Gasteiger partial charge in [0.2, 0.25) is 0 Å². The maximum atomic E-state index is 12.6. The minimum absolute atomic E-state index is 0.182. The molecule has 0 unspecified atom stereocenters. The third-order valence-corrected chi connectivity index (χ3v) is 4.75. The van der Waals surface area contributed by atoms with E-state index in [4.69, 9.17) is 0 Å². The molecule has 0 saturated heterocycles. The first kappa shape index (κ1) is 20.1. The van der Waals surface area contributed by atoms with Crippen molar-refractivity contribution >= 4 is 28.9 Å². The van der Waals surface area contributed by atoms with Crippen LogP contribution >= 0.6 is 0 Å². The lowest BCUT2D eigenvalue weighted by Crippen LogP contribution is -2.17. The van der Waals surface area contributed by atoms with Crippen LogP contribution in [0.15, 0.2) is 60.8 Å². The average molecular weight is 388 g/mol. The summed E-state index contributed by atoms with van der Waals surface area (Å²) < 4.78 is 0. The van der Waals surface area contributed by atoms with E-state index in [1.807, 2.05) is 75.3 Å². The number of aryl methyl sites for hydroxylation is 1. The summed E-state index contributed by atoms with van der Waals surface area (Å²) in [5.41, 5.74) is 5.08. The molecule has 3 aromatic rings. The van der Waals surface area contributed by atoms with Gasteiger partial charge in [-0.15, -0.1) is 0 Å². The van der Waals surface area contributed by atoms with Gasteiger partial charge >= 0.3 is 0 Å². The lowest BCUT2D eigenvalue weighted by atomic mass is 10.1. The number of nitrogens with zero attached hydrogens (tertiary/aromatic N) is 2. The lowest BCUT2D eigenvalue weighted by molar-refractivity contribution is 0.102. The Morgan fingerprint density at radius 1 is 0.897 bits per heavy atom. The molecule has 0 aliphatic carbocycles. The molecule has 0 radical (unpaired) electrons. The van der Waals surface area contributed by atoms with Gasteiger partial charge < -0.3 is 15.5 Å². The first-order valence-electron chi connectivity index (χ1n) is 9.27. The number of pyridine rings is 1. The summed E-state index contributed by atoms with van der Waals surface area (Å²) in [7, 11) is 3.91. The largest absolute Gasteiger partial charge is 0.378 e. The quantitative estimate of drug-likeness (QED) is 0.685. The normalized spacial score (nSPS) is 10.3. The minimum atomic E-state index is -0.358. The molecular weight excluding hydrogens is 364 g/mol. The van der Waals surface area contributed by atoms with E-state index in [-0.39, 0.29) is 17.5 Å². The Hall–Kier alpha value is -3.67. The Morgan fingerprint density at radius 3 is 2.31 bits per heavy atom. The number of hydrogen-bond acceptors (Lipinski definition) is 4. The SMILES string of the molecule is Cc1cccc(NC(=O)c2cc(C(=O)Nc3ccc(N(C)C)cc3)ccn2)c1C. The van der Waals surface area contributed by atoms with Crippen LogP contribution in [0.3, 0.4) is 0 Å². The fraction of sp³-hybridized carbons (Fsp3) is 0.174. The molecule has 0 atom stereocenters. The van der Waals surface area contributed by atoms with E-state index in [1.165, 1.54) is 12.3 Å². The molecule has 1 heterocycles. The highest BCUT2D eigenvalue weighted by molar-refractivity contribution is 6.08. The topological polar surface area (TPSA) is 74.3 Å². The van der Waals surface area contributed by atoms with E-state index in [2.05, 4.69) is 15.6 Å². The molecule has 3 rings (SSSR count). The highest BCUT2D eigenvalue weighted by Gasteiger charge is 2.13. The maximum absolute atomic E-state index is 12.6. The monoisotopic (exact) mass is 388 g/mol. The number of carbonyl (C=O) groups excluding carboxylic acids is 2. The van der Waals surface area contributed by atoms with Crippen LogP contribution in [0.25, 0.3) is 0 Å². The van der Waals surface area contributed by atoms with Gasteiger partial charge in [-0.3, -0.25) is 14.6 Å². The van der Waals surface area contributed by atoms with Crippen molar-refractivity contribution in [2.75, 3.05) is 29.6 Å². The van der Waals surface area contributed by atoms with Crippen molar-refractivity contribution < 1.29 is 9.59 Å². The summed E-state index contributed by atoms with van der Waals surface area (Å²) in [4.78, 5) is 31.3. The number of benzene rings is 2. The van der Waals surface area contributed by atoms with E-state index in [1.54, 1.807) is 6.07 Å². The molecule has 0 aliphatic rings. The van der Waals surface area contributed by atoms with Gasteiger partial charge in [-0.2, -0.15) is 0 Å². The number of anilines is 3. The van der Waals surface area contributed by atoms with Crippen LogP contribution in [0.5, 0.6) is 0 Å². The van der Waals surface area contributed by atoms with Crippen molar-refractivity contribution in [2.24, 2.45) is 0 Å². The average Bonchev–Trinajstić information content (AvgIpc) is 2.72. The molecule has 2 aromatic carbocycles. The molecule has 0 aliphatic heterocycles. The first-order chi connectivity index (χ1) is 13.8. The third-order valence-electron chi connectivity index (χ3n) is 4.75. The highest BCUT2D eigenvalue weighted by Crippen LogP contribution is 2.19. The van der Waals surface area contributed by atoms with Gasteiger partial charge in [-0.25, -0.2) is 0 Å². The van der Waals surface area contributed by atoms with Gasteiger partial charge in [0, 0.05) is 42.9 Å². The molecule has 2 amide bonds. The van der Waals surface area contributed by atoms with Crippen molar-refractivity contribution in [3.63, 3.8) is 0 Å². The Balaban J connectivity index is 1.73. The number of rotatable bonds is 5. The third kappa shape index (κ3) is 4.79. The van der Waals surface area contributed by atoms with Gasteiger partial charge in [-0.1, -0.05) is 12.1 Å². The summed E-state index contributed by atoms with van der Waals surface area (Å²) in [5.74, 6) is -0.658. The van der Waals surface area contributed by atoms with Crippen LogP contribution in [0.1, 0.15) is 32.0 Å². The highest BCUT2D eigenvalue weighted by atomic mass is 16.2. The van der Waals surface area contributed by atoms with Gasteiger partial charge in [0.1, 0.15) is 5.69 Å². The van der Waals surface area contributed by atoms with Crippen molar-refractivity contribution in [3.8, 4) is 0 Å². The van der Waals surface area contributed by atoms with Crippen LogP contribution in [0, 0.1) is 13.8 Å². The first-order valence-corrected chi connectivity index (χ1v) is 9.27. The molecule has 0 spiro atoms. The van der Waals surface area contributed by atoms with Crippen molar-refractivity contribution in [2.45, 2.75) is 13.8 Å². The van der Waals surface area contributed by atoms with Gasteiger partial charge in [0.15, 0.2) is 0 Å². The fourth-order valence-corrected chi connectivity index (χ4v) is 2.81. The Labute approximate surface area is 170 Å². The van der Waals surface area contributed by atoms with E-state index in [0.29, 0.717) is 11.3 Å². The Kier molecular flexibility index (Phi) is 5.93. The summed E-state index contributed by atoms with van der Waals surface area (Å²) in [5, 5.41) is 5.70. The second kappa shape index (κ2) is 8.56. The second-order valence-electron chi connectivity index (χ2n) is 7.03. The summed E-state index contributed by atoms with van der Waals surface area (Å²) in [6.45, 7) is 3.93. The van der Waals surface area contributed by atoms with Crippen LogP contribution in [-0.4, -0.2) is 30.9 Å². The number of nitrogens with one attached hydrogen (secondary N) is 2. The van der Waals surface area contributed by atoms with Gasteiger partial charge in [0.05, 0.1) is 0 Å². The molecule has 0 bridgehead atoms. The second-order valence-corrected chi connectivity index (χ2v) is 7.03. The summed E-state index contributed by atoms with van der Waals surface area (Å²) in [6.07, 6.45) is 1.46. The van der Waals surface area contributed by atoms with Crippen molar-refractivity contribution in [1.82, 2.24) is 4.98 Å². The van der Waals surface area contributed by atoms with Crippen LogP contribution in [0.2, 0.25) is 0 Å². The molecule has 148 valence electrons. The molecule has 1 aromatic heterocycles. The van der Waals surface area contributed by atoms with E-state index in [0.717, 1.165) is 22.5 Å². The molecule has 6 nitrogen and oxygen atoms in total. The zero-order valence-electron chi connectivity index (χ0n) is 17.0. The Bertz CT molecular complexity index is 1040. The number of amides is 2. The lowest BCUT2D eigenvalue weighted by Gasteiger charge is -2.13. The molecular formula is C23H24N4O2. The van der Waals surface area contributed by atoms with Crippen LogP contribution in [0.4, 0.5) is 17.1 Å².